The monoisotopic (exact) mass is 254 g/mol. The number of halogens is 1. The van der Waals surface area contributed by atoms with Crippen molar-refractivity contribution in [2.75, 3.05) is 17.6 Å². The Labute approximate surface area is 106 Å². The topological polar surface area (TPSA) is 84.1 Å². The molecule has 1 heterocycles. The van der Waals surface area contributed by atoms with Crippen LogP contribution in [0.15, 0.2) is 6.20 Å². The molecule has 4 N–H and O–H groups in total. The van der Waals surface area contributed by atoms with Crippen molar-refractivity contribution in [3.8, 4) is 0 Å². The Hall–Kier alpha value is -1.43. The lowest BCUT2D eigenvalue weighted by molar-refractivity contribution is 0.0380. The molecular weight excluding hydrogens is 235 g/mol. The summed E-state index contributed by atoms with van der Waals surface area (Å²) in [5.74, 6) is -0.478. The van der Waals surface area contributed by atoms with E-state index in [2.05, 4.69) is 15.3 Å². The fraction of sp³-hybridized carbons (Fsp3) is 0.667. The van der Waals surface area contributed by atoms with E-state index in [-0.39, 0.29) is 11.8 Å². The molecule has 1 aliphatic carbocycles. The van der Waals surface area contributed by atoms with Gasteiger partial charge in [0.1, 0.15) is 0 Å². The average Bonchev–Trinajstić information content (AvgIpc) is 2.56. The lowest BCUT2D eigenvalue weighted by atomic mass is 9.94. The van der Waals surface area contributed by atoms with E-state index in [0.717, 1.165) is 44.7 Å². The number of nitrogens with zero attached hydrogens (tertiary/aromatic N) is 2. The van der Waals surface area contributed by atoms with Crippen molar-refractivity contribution in [3.63, 3.8) is 0 Å². The van der Waals surface area contributed by atoms with Crippen LogP contribution >= 0.6 is 0 Å². The van der Waals surface area contributed by atoms with Gasteiger partial charge in [-0.1, -0.05) is 25.7 Å². The van der Waals surface area contributed by atoms with E-state index in [4.69, 9.17) is 5.73 Å². The molecule has 0 radical (unpaired) electrons. The fourth-order valence-electron chi connectivity index (χ4n) is 2.32. The van der Waals surface area contributed by atoms with Gasteiger partial charge in [-0.15, -0.1) is 0 Å². The van der Waals surface area contributed by atoms with Crippen LogP contribution < -0.4 is 11.1 Å². The highest BCUT2D eigenvalue weighted by molar-refractivity contribution is 5.39. The van der Waals surface area contributed by atoms with Crippen molar-refractivity contribution in [1.82, 2.24) is 9.97 Å². The molecule has 6 heteroatoms. The van der Waals surface area contributed by atoms with Crippen LogP contribution in [0.25, 0.3) is 0 Å². The summed E-state index contributed by atoms with van der Waals surface area (Å²) >= 11 is 0. The van der Waals surface area contributed by atoms with Gasteiger partial charge in [0.2, 0.25) is 5.95 Å². The third kappa shape index (κ3) is 3.29. The first-order valence-electron chi connectivity index (χ1n) is 6.33. The number of hydrogen-bond acceptors (Lipinski definition) is 5. The van der Waals surface area contributed by atoms with Gasteiger partial charge in [-0.2, -0.15) is 4.98 Å². The van der Waals surface area contributed by atoms with E-state index in [1.165, 1.54) is 0 Å². The Morgan fingerprint density at radius 3 is 2.67 bits per heavy atom. The molecule has 0 unspecified atom stereocenters. The number of nitrogens with one attached hydrogen (secondary N) is 1. The predicted molar refractivity (Wildman–Crippen MR) is 67.5 cm³/mol. The van der Waals surface area contributed by atoms with Crippen LogP contribution in [0.1, 0.15) is 38.5 Å². The second kappa shape index (κ2) is 5.48. The van der Waals surface area contributed by atoms with Gasteiger partial charge in [-0.25, -0.2) is 9.37 Å². The van der Waals surface area contributed by atoms with Crippen molar-refractivity contribution in [2.45, 2.75) is 44.1 Å². The summed E-state index contributed by atoms with van der Waals surface area (Å²) < 4.78 is 13.4. The first-order chi connectivity index (χ1) is 8.59. The molecular formula is C12H19FN4O. The minimum atomic E-state index is -0.775. The second-order valence-corrected chi connectivity index (χ2v) is 4.92. The minimum Gasteiger partial charge on any atom is -0.388 e. The van der Waals surface area contributed by atoms with Crippen LogP contribution in [0.2, 0.25) is 0 Å². The van der Waals surface area contributed by atoms with Gasteiger partial charge in [-0.3, -0.25) is 0 Å². The maximum atomic E-state index is 13.4. The molecule has 0 saturated heterocycles. The van der Waals surface area contributed by atoms with Gasteiger partial charge in [0.05, 0.1) is 11.8 Å². The van der Waals surface area contributed by atoms with E-state index in [0.29, 0.717) is 6.54 Å². The molecule has 0 aromatic carbocycles. The Morgan fingerprint density at radius 2 is 2.00 bits per heavy atom. The molecule has 0 atom stereocenters. The standard InChI is InChI=1S/C12H19FN4O/c13-9-7-15-11(14)17-10(9)16-8-12(18)5-3-1-2-4-6-12/h7,18H,1-6,8H2,(H3,14,15,16,17). The molecule has 5 nitrogen and oxygen atoms in total. The first-order valence-corrected chi connectivity index (χ1v) is 6.33. The van der Waals surface area contributed by atoms with E-state index in [9.17, 15) is 9.50 Å². The van der Waals surface area contributed by atoms with Gasteiger partial charge in [0.25, 0.3) is 0 Å². The SMILES string of the molecule is Nc1ncc(F)c(NCC2(O)CCCCCC2)n1. The quantitative estimate of drug-likeness (QED) is 0.715. The highest BCUT2D eigenvalue weighted by Crippen LogP contribution is 2.27. The van der Waals surface area contributed by atoms with E-state index < -0.39 is 11.4 Å². The van der Waals surface area contributed by atoms with Crippen molar-refractivity contribution < 1.29 is 9.50 Å². The average molecular weight is 254 g/mol. The minimum absolute atomic E-state index is 0.0201. The summed E-state index contributed by atoms with van der Waals surface area (Å²) in [6.45, 7) is 0.292. The molecule has 1 aromatic heterocycles. The summed E-state index contributed by atoms with van der Waals surface area (Å²) in [6, 6.07) is 0. The molecule has 0 bridgehead atoms. The van der Waals surface area contributed by atoms with Crippen molar-refractivity contribution >= 4 is 11.8 Å². The van der Waals surface area contributed by atoms with Crippen molar-refractivity contribution in [3.05, 3.63) is 12.0 Å². The molecule has 1 fully saturated rings. The highest BCUT2D eigenvalue weighted by Gasteiger charge is 2.28. The lowest BCUT2D eigenvalue weighted by Gasteiger charge is -2.27. The number of hydrogen-bond donors (Lipinski definition) is 3. The number of anilines is 2. The molecule has 100 valence electrons. The van der Waals surface area contributed by atoms with Gasteiger partial charge in [0.15, 0.2) is 11.6 Å². The molecule has 0 spiro atoms. The fourth-order valence-corrected chi connectivity index (χ4v) is 2.32. The lowest BCUT2D eigenvalue weighted by Crippen LogP contribution is -2.36. The number of nitrogens with two attached hydrogens (primary N) is 1. The van der Waals surface area contributed by atoms with Crippen LogP contribution in [-0.4, -0.2) is 27.2 Å². The molecule has 18 heavy (non-hydrogen) atoms. The third-order valence-electron chi connectivity index (χ3n) is 3.38. The van der Waals surface area contributed by atoms with E-state index in [1.807, 2.05) is 0 Å². The maximum Gasteiger partial charge on any atom is 0.222 e. The summed E-state index contributed by atoms with van der Waals surface area (Å²) in [7, 11) is 0. The first kappa shape index (κ1) is 13.0. The smallest absolute Gasteiger partial charge is 0.222 e. The predicted octanol–water partition coefficient (Wildman–Crippen LogP) is 1.70. The number of rotatable bonds is 3. The molecule has 0 aliphatic heterocycles. The van der Waals surface area contributed by atoms with Crippen LogP contribution in [0, 0.1) is 5.82 Å². The normalized spacial score (nSPS) is 19.2. The van der Waals surface area contributed by atoms with E-state index >= 15 is 0 Å². The number of aromatic nitrogens is 2. The number of nitrogen functional groups attached to an aromatic ring is 1. The molecule has 2 rings (SSSR count). The molecule has 1 aliphatic rings. The van der Waals surface area contributed by atoms with Crippen LogP contribution in [0.4, 0.5) is 16.2 Å². The zero-order valence-corrected chi connectivity index (χ0v) is 10.3. The summed E-state index contributed by atoms with van der Waals surface area (Å²) in [5, 5.41) is 13.2. The van der Waals surface area contributed by atoms with Crippen LogP contribution in [0.3, 0.4) is 0 Å². The molecule has 1 saturated carbocycles. The Morgan fingerprint density at radius 1 is 1.33 bits per heavy atom. The van der Waals surface area contributed by atoms with Gasteiger partial charge >= 0.3 is 0 Å². The maximum absolute atomic E-state index is 13.4. The summed E-state index contributed by atoms with van der Waals surface area (Å²) in [4.78, 5) is 7.34. The van der Waals surface area contributed by atoms with Crippen molar-refractivity contribution in [1.29, 1.82) is 0 Å². The highest BCUT2D eigenvalue weighted by atomic mass is 19.1. The molecule has 0 amide bonds. The molecule has 1 aromatic rings. The van der Waals surface area contributed by atoms with E-state index in [1.54, 1.807) is 0 Å². The van der Waals surface area contributed by atoms with Gasteiger partial charge in [-0.05, 0) is 12.8 Å². The zero-order valence-electron chi connectivity index (χ0n) is 10.3. The number of aliphatic hydroxyl groups is 1. The third-order valence-corrected chi connectivity index (χ3v) is 3.38. The Kier molecular flexibility index (Phi) is 3.96. The Balaban J connectivity index is 1.99. The van der Waals surface area contributed by atoms with Crippen LogP contribution in [0.5, 0.6) is 0 Å². The largest absolute Gasteiger partial charge is 0.388 e. The van der Waals surface area contributed by atoms with Crippen LogP contribution in [-0.2, 0) is 0 Å². The second-order valence-electron chi connectivity index (χ2n) is 4.92. The van der Waals surface area contributed by atoms with Crippen molar-refractivity contribution in [2.24, 2.45) is 0 Å². The summed E-state index contributed by atoms with van der Waals surface area (Å²) in [5.41, 5.74) is 4.63. The summed E-state index contributed by atoms with van der Waals surface area (Å²) in [6.07, 6.45) is 6.82. The van der Waals surface area contributed by atoms with Gasteiger partial charge < -0.3 is 16.2 Å². The van der Waals surface area contributed by atoms with Gasteiger partial charge in [0, 0.05) is 6.54 Å². The zero-order chi connectivity index (χ0) is 13.0. The Bertz CT molecular complexity index is 405.